The molecule has 0 aromatic rings. The molecule has 0 rings (SSSR count). The van der Waals surface area contributed by atoms with E-state index < -0.39 is 15.3 Å². The van der Waals surface area contributed by atoms with Gasteiger partial charge in [-0.3, -0.25) is 0 Å². The standard InChI is InChI=1S/3NO3.H3N.Rh/c3*2-1(3)4;;/h;;;1H3;/q3*-1;;+3. The van der Waals surface area contributed by atoms with Crippen molar-refractivity contribution in [2.45, 2.75) is 0 Å². The number of nitrogens with zero attached hydrogens (tertiary/aromatic N) is 3. The van der Waals surface area contributed by atoms with Crippen LogP contribution in [-0.4, -0.2) is 15.3 Å². The van der Waals surface area contributed by atoms with Crippen molar-refractivity contribution in [1.82, 2.24) is 6.15 Å². The number of hydrogen-bond donors (Lipinski definition) is 1. The summed E-state index contributed by atoms with van der Waals surface area (Å²) in [6, 6.07) is 0. The van der Waals surface area contributed by atoms with Crippen molar-refractivity contribution < 1.29 is 34.7 Å². The van der Waals surface area contributed by atoms with Crippen LogP contribution in [0.15, 0.2) is 0 Å². The Morgan fingerprint density at radius 3 is 0.571 bits per heavy atom. The van der Waals surface area contributed by atoms with E-state index in [1.807, 2.05) is 0 Å². The summed E-state index contributed by atoms with van der Waals surface area (Å²) in [4.78, 5) is 24.8. The topological polar surface area (TPSA) is 234 Å². The van der Waals surface area contributed by atoms with Crippen molar-refractivity contribution in [2.24, 2.45) is 0 Å². The van der Waals surface area contributed by atoms with Crippen molar-refractivity contribution in [3.8, 4) is 0 Å². The fourth-order valence-corrected chi connectivity index (χ4v) is 0. The second-order valence-electron chi connectivity index (χ2n) is 0.671. The summed E-state index contributed by atoms with van der Waals surface area (Å²) in [7, 11) is 0. The normalized spacial score (nSPS) is 5.14. The predicted octanol–water partition coefficient (Wildman–Crippen LogP) is -0.558. The zero-order valence-electron chi connectivity index (χ0n) is 6.06. The smallest absolute Gasteiger partial charge is 0.356 e. The first kappa shape index (κ1) is 29.5. The Kier molecular flexibility index (Phi) is 47.4. The molecule has 0 bridgehead atoms. The molecule has 0 atom stereocenters. The molecule has 3 N–H and O–H groups in total. The van der Waals surface area contributed by atoms with Gasteiger partial charge in [0.15, 0.2) is 0 Å². The van der Waals surface area contributed by atoms with Gasteiger partial charge < -0.3 is 52.1 Å². The summed E-state index contributed by atoms with van der Waals surface area (Å²) in [6.07, 6.45) is 0. The molecule has 0 spiro atoms. The van der Waals surface area contributed by atoms with Crippen molar-refractivity contribution in [3.63, 3.8) is 0 Å². The summed E-state index contributed by atoms with van der Waals surface area (Å²) in [5.74, 6) is 0. The van der Waals surface area contributed by atoms with E-state index in [0.29, 0.717) is 0 Å². The van der Waals surface area contributed by atoms with Crippen LogP contribution in [-0.2, 0) is 19.5 Å². The maximum atomic E-state index is 8.25. The molecule has 14 heteroatoms. The van der Waals surface area contributed by atoms with Gasteiger partial charge >= 0.3 is 19.5 Å². The van der Waals surface area contributed by atoms with E-state index in [4.69, 9.17) is 46.0 Å². The molecule has 86 valence electrons. The molecular weight excluding hydrogens is 303 g/mol. The second kappa shape index (κ2) is 22.5. The minimum atomic E-state index is -1.75. The largest absolute Gasteiger partial charge is 3.00 e. The first-order valence-electron chi connectivity index (χ1n) is 1.64. The summed E-state index contributed by atoms with van der Waals surface area (Å²) in [5.41, 5.74) is 0. The van der Waals surface area contributed by atoms with Gasteiger partial charge in [-0.25, -0.2) is 0 Å². The summed E-state index contributed by atoms with van der Waals surface area (Å²) in [6.45, 7) is 0. The van der Waals surface area contributed by atoms with Crippen molar-refractivity contribution >= 4 is 0 Å². The Bertz CT molecular complexity index is 114. The monoisotopic (exact) mass is 306 g/mol. The molecule has 0 aromatic heterocycles. The first-order valence-corrected chi connectivity index (χ1v) is 1.64. The quantitative estimate of drug-likeness (QED) is 0.340. The van der Waals surface area contributed by atoms with Gasteiger partial charge in [0, 0.05) is 0 Å². The van der Waals surface area contributed by atoms with Crippen LogP contribution < -0.4 is 6.15 Å². The third-order valence-corrected chi connectivity index (χ3v) is 0. The Labute approximate surface area is 87.6 Å². The van der Waals surface area contributed by atoms with Crippen LogP contribution in [0.2, 0.25) is 0 Å². The zero-order chi connectivity index (χ0) is 10.7. The molecule has 0 aliphatic rings. The van der Waals surface area contributed by atoms with Gasteiger partial charge in [-0.15, -0.1) is 0 Å². The van der Waals surface area contributed by atoms with Crippen LogP contribution in [0.4, 0.5) is 0 Å². The molecular formula is H3N4O9Rh. The predicted molar refractivity (Wildman–Crippen MR) is 36.1 cm³/mol. The van der Waals surface area contributed by atoms with Gasteiger partial charge in [-0.2, -0.15) is 0 Å². The average Bonchev–Trinajstić information content (AvgIpc) is 1.54. The van der Waals surface area contributed by atoms with Gasteiger partial charge in [0.25, 0.3) is 0 Å². The molecule has 0 saturated carbocycles. The van der Waals surface area contributed by atoms with E-state index in [1.165, 1.54) is 0 Å². The number of rotatable bonds is 0. The zero-order valence-corrected chi connectivity index (χ0v) is 7.70. The van der Waals surface area contributed by atoms with E-state index in [0.717, 1.165) is 0 Å². The van der Waals surface area contributed by atoms with Gasteiger partial charge in [0.05, 0.1) is 15.3 Å². The van der Waals surface area contributed by atoms with Crippen molar-refractivity contribution in [2.75, 3.05) is 0 Å². The van der Waals surface area contributed by atoms with E-state index in [-0.39, 0.29) is 25.6 Å². The van der Waals surface area contributed by atoms with Crippen LogP contribution in [0.1, 0.15) is 0 Å². The van der Waals surface area contributed by atoms with Crippen LogP contribution >= 0.6 is 0 Å². The van der Waals surface area contributed by atoms with Crippen molar-refractivity contribution in [3.05, 3.63) is 46.0 Å². The molecule has 0 amide bonds. The Hall–Kier alpha value is -1.82. The van der Waals surface area contributed by atoms with E-state index in [1.54, 1.807) is 0 Å². The maximum Gasteiger partial charge on any atom is 3.00 e. The molecule has 0 saturated heterocycles. The van der Waals surface area contributed by atoms with Crippen molar-refractivity contribution in [1.29, 1.82) is 0 Å². The minimum absolute atomic E-state index is 0. The SMILES string of the molecule is N.O=[N+]([O-])[O-].O=[N+]([O-])[O-].O=[N+]([O-])[O-].[Rh+3]. The first-order chi connectivity index (χ1) is 5.20. The molecule has 0 aliphatic heterocycles. The molecule has 0 radical (unpaired) electrons. The molecule has 14 heavy (non-hydrogen) atoms. The average molecular weight is 306 g/mol. The van der Waals surface area contributed by atoms with Gasteiger partial charge in [0.1, 0.15) is 0 Å². The summed E-state index contributed by atoms with van der Waals surface area (Å²) >= 11 is 0. The second-order valence-corrected chi connectivity index (χ2v) is 0.671. The number of hydrogen-bond acceptors (Lipinski definition) is 10. The fourth-order valence-electron chi connectivity index (χ4n) is 0. The van der Waals surface area contributed by atoms with E-state index >= 15 is 0 Å². The molecule has 0 heterocycles. The van der Waals surface area contributed by atoms with Crippen LogP contribution in [0.25, 0.3) is 0 Å². The maximum absolute atomic E-state index is 8.25. The summed E-state index contributed by atoms with van der Waals surface area (Å²) < 4.78 is 0. The molecule has 0 fully saturated rings. The molecule has 0 unspecified atom stereocenters. The Morgan fingerprint density at radius 1 is 0.571 bits per heavy atom. The third-order valence-electron chi connectivity index (χ3n) is 0. The van der Waals surface area contributed by atoms with Crippen LogP contribution in [0, 0.1) is 46.0 Å². The van der Waals surface area contributed by atoms with E-state index in [9.17, 15) is 0 Å². The molecule has 13 nitrogen and oxygen atoms in total. The molecule has 0 aliphatic carbocycles. The Morgan fingerprint density at radius 2 is 0.571 bits per heavy atom. The summed E-state index contributed by atoms with van der Waals surface area (Å²) in [5, 5.41) is 44.2. The van der Waals surface area contributed by atoms with E-state index in [2.05, 4.69) is 0 Å². The van der Waals surface area contributed by atoms with Gasteiger partial charge in [-0.1, -0.05) is 0 Å². The Balaban J connectivity index is -0.0000000270. The van der Waals surface area contributed by atoms with Gasteiger partial charge in [-0.05, 0) is 0 Å². The minimum Gasteiger partial charge on any atom is -0.356 e. The third kappa shape index (κ3) is 260. The van der Waals surface area contributed by atoms with Gasteiger partial charge in [0.2, 0.25) is 0 Å². The molecule has 0 aromatic carbocycles. The van der Waals surface area contributed by atoms with Crippen LogP contribution in [0.3, 0.4) is 0 Å². The fraction of sp³-hybridized carbons (Fsp3) is 0. The van der Waals surface area contributed by atoms with Crippen LogP contribution in [0.5, 0.6) is 0 Å².